The molecule has 0 aromatic rings. The average Bonchev–Trinajstić information content (AvgIpc) is 2.08. The summed E-state index contributed by atoms with van der Waals surface area (Å²) in [4.78, 5) is 0. The van der Waals surface area contributed by atoms with Gasteiger partial charge in [-0.3, -0.25) is 0 Å². The van der Waals surface area contributed by atoms with Crippen molar-refractivity contribution >= 4 is 19.8 Å². The zero-order valence-electron chi connectivity index (χ0n) is 7.59. The van der Waals surface area contributed by atoms with Crippen molar-refractivity contribution in [2.45, 2.75) is 19.0 Å². The number of nitrogens with two attached hydrogens (primary N) is 1. The molecule has 0 aromatic heterocycles. The number of rotatable bonds is 5. The van der Waals surface area contributed by atoms with E-state index in [1.165, 1.54) is 0 Å². The Morgan fingerprint density at radius 2 is 1.50 bits per heavy atom. The standard InChI is InChI=1S/C6H17NO3Si.H4Si/c1-5-6(7)11(8-2,9-3)10-4;/h6H,5,7H2,1-4H3;1H4. The molecule has 2 N–H and O–H groups in total. The van der Waals surface area contributed by atoms with Crippen LogP contribution >= 0.6 is 0 Å². The summed E-state index contributed by atoms with van der Waals surface area (Å²) in [6.45, 7) is 1.98. The first kappa shape index (κ1) is 14.8. The van der Waals surface area contributed by atoms with Crippen LogP contribution in [-0.4, -0.2) is 46.8 Å². The van der Waals surface area contributed by atoms with Crippen molar-refractivity contribution in [3.05, 3.63) is 0 Å². The molecule has 12 heavy (non-hydrogen) atoms. The number of hydrogen-bond acceptors (Lipinski definition) is 4. The molecule has 0 fully saturated rings. The molecule has 6 heteroatoms. The Hall–Kier alpha value is 0.274. The molecule has 0 aliphatic carbocycles. The van der Waals surface area contributed by atoms with Gasteiger partial charge in [-0.25, -0.2) is 0 Å². The molecule has 0 aliphatic rings. The van der Waals surface area contributed by atoms with Crippen LogP contribution in [0, 0.1) is 0 Å². The molecule has 1 unspecified atom stereocenters. The predicted octanol–water partition coefficient (Wildman–Crippen LogP) is -1.31. The largest absolute Gasteiger partial charge is 0.517 e. The first-order valence-electron chi connectivity index (χ1n) is 3.57. The fourth-order valence-corrected chi connectivity index (χ4v) is 2.86. The van der Waals surface area contributed by atoms with Crippen molar-refractivity contribution in [1.29, 1.82) is 0 Å². The highest BCUT2D eigenvalue weighted by molar-refractivity contribution is 6.62. The topological polar surface area (TPSA) is 53.7 Å². The van der Waals surface area contributed by atoms with Gasteiger partial charge in [-0.2, -0.15) is 0 Å². The Morgan fingerprint density at radius 1 is 1.17 bits per heavy atom. The summed E-state index contributed by atoms with van der Waals surface area (Å²) in [6.07, 6.45) is 0.793. The maximum Gasteiger partial charge on any atom is 0.517 e. The van der Waals surface area contributed by atoms with Crippen molar-refractivity contribution in [3.63, 3.8) is 0 Å². The highest BCUT2D eigenvalue weighted by atomic mass is 28.4. The zero-order valence-corrected chi connectivity index (χ0v) is 8.59. The normalized spacial score (nSPS) is 13.8. The van der Waals surface area contributed by atoms with Gasteiger partial charge in [-0.1, -0.05) is 6.92 Å². The van der Waals surface area contributed by atoms with Gasteiger partial charge in [0.05, 0.1) is 5.67 Å². The third-order valence-corrected chi connectivity index (χ3v) is 4.77. The third kappa shape index (κ3) is 2.96. The summed E-state index contributed by atoms with van der Waals surface area (Å²) in [6, 6.07) is 0. The van der Waals surface area contributed by atoms with E-state index in [9.17, 15) is 0 Å². The summed E-state index contributed by atoms with van der Waals surface area (Å²) in [5.41, 5.74) is 5.63. The quantitative estimate of drug-likeness (QED) is 0.574. The molecule has 0 amide bonds. The van der Waals surface area contributed by atoms with Crippen molar-refractivity contribution in [2.24, 2.45) is 5.73 Å². The first-order valence-corrected chi connectivity index (χ1v) is 5.38. The maximum absolute atomic E-state index is 5.77. The summed E-state index contributed by atoms with van der Waals surface area (Å²) in [5.74, 6) is 0. The lowest BCUT2D eigenvalue weighted by atomic mass is 10.5. The lowest BCUT2D eigenvalue weighted by Crippen LogP contribution is -2.58. The highest BCUT2D eigenvalue weighted by Gasteiger charge is 2.44. The second-order valence-corrected chi connectivity index (χ2v) is 5.40. The second kappa shape index (κ2) is 6.75. The molecule has 0 spiro atoms. The van der Waals surface area contributed by atoms with E-state index in [0.717, 1.165) is 6.42 Å². The monoisotopic (exact) mass is 211 g/mol. The number of hydrogen-bond donors (Lipinski definition) is 1. The van der Waals surface area contributed by atoms with E-state index in [1.807, 2.05) is 6.92 Å². The summed E-state index contributed by atoms with van der Waals surface area (Å²) >= 11 is 0. The van der Waals surface area contributed by atoms with Gasteiger partial charge in [-0.15, -0.1) is 0 Å². The summed E-state index contributed by atoms with van der Waals surface area (Å²) < 4.78 is 15.5. The van der Waals surface area contributed by atoms with Crippen LogP contribution in [0.5, 0.6) is 0 Å². The molecule has 76 valence electrons. The Kier molecular flexibility index (Phi) is 8.32. The molecule has 0 aromatic carbocycles. The molecule has 1 atom stereocenters. The minimum Gasteiger partial charge on any atom is -0.376 e. The van der Waals surface area contributed by atoms with Crippen molar-refractivity contribution in [3.8, 4) is 0 Å². The van der Waals surface area contributed by atoms with E-state index in [2.05, 4.69) is 0 Å². The van der Waals surface area contributed by atoms with Crippen molar-refractivity contribution in [1.82, 2.24) is 0 Å². The van der Waals surface area contributed by atoms with Crippen LogP contribution in [-0.2, 0) is 13.3 Å². The van der Waals surface area contributed by atoms with E-state index in [1.54, 1.807) is 21.3 Å². The summed E-state index contributed by atoms with van der Waals surface area (Å²) in [5, 5.41) is 0. The zero-order chi connectivity index (χ0) is 8.91. The van der Waals surface area contributed by atoms with Gasteiger partial charge in [0, 0.05) is 21.3 Å². The van der Waals surface area contributed by atoms with Crippen LogP contribution in [0.2, 0.25) is 0 Å². The van der Waals surface area contributed by atoms with E-state index >= 15 is 0 Å². The molecule has 0 heterocycles. The molecular weight excluding hydrogens is 190 g/mol. The van der Waals surface area contributed by atoms with Gasteiger partial charge >= 0.3 is 8.80 Å². The third-order valence-electron chi connectivity index (χ3n) is 1.75. The Morgan fingerprint density at radius 3 is 1.58 bits per heavy atom. The lowest BCUT2D eigenvalue weighted by molar-refractivity contribution is 0.112. The molecule has 4 nitrogen and oxygen atoms in total. The van der Waals surface area contributed by atoms with Crippen molar-refractivity contribution < 1.29 is 13.3 Å². The van der Waals surface area contributed by atoms with Crippen molar-refractivity contribution in [2.75, 3.05) is 21.3 Å². The predicted molar refractivity (Wildman–Crippen MR) is 56.4 cm³/mol. The van der Waals surface area contributed by atoms with Crippen LogP contribution in [0.15, 0.2) is 0 Å². The van der Waals surface area contributed by atoms with Gasteiger partial charge < -0.3 is 19.0 Å². The van der Waals surface area contributed by atoms with Crippen LogP contribution in [0.1, 0.15) is 13.3 Å². The van der Waals surface area contributed by atoms with Gasteiger partial charge in [0.15, 0.2) is 0 Å². The maximum atomic E-state index is 5.77. The molecule has 0 bridgehead atoms. The van der Waals surface area contributed by atoms with Gasteiger partial charge in [0.2, 0.25) is 0 Å². The fraction of sp³-hybridized carbons (Fsp3) is 1.00. The molecule has 0 radical (unpaired) electrons. The van der Waals surface area contributed by atoms with Gasteiger partial charge in [0.25, 0.3) is 0 Å². The Labute approximate surface area is 79.8 Å². The van der Waals surface area contributed by atoms with E-state index in [4.69, 9.17) is 19.0 Å². The van der Waals surface area contributed by atoms with E-state index < -0.39 is 8.80 Å². The van der Waals surface area contributed by atoms with E-state index in [0.29, 0.717) is 0 Å². The highest BCUT2D eigenvalue weighted by Crippen LogP contribution is 2.11. The van der Waals surface area contributed by atoms with Gasteiger partial charge in [0.1, 0.15) is 0 Å². The van der Waals surface area contributed by atoms with Crippen LogP contribution < -0.4 is 5.73 Å². The molecular formula is C6H21NO3Si2. The molecule has 0 saturated heterocycles. The van der Waals surface area contributed by atoms with Crippen LogP contribution in [0.4, 0.5) is 0 Å². The van der Waals surface area contributed by atoms with E-state index in [-0.39, 0.29) is 16.6 Å². The second-order valence-electron chi connectivity index (χ2n) is 2.23. The minimum absolute atomic E-state index is 0. The molecule has 0 saturated carbocycles. The molecule has 0 rings (SSSR count). The molecule has 0 aliphatic heterocycles. The fourth-order valence-electron chi connectivity index (χ4n) is 0.954. The summed E-state index contributed by atoms with van der Waals surface area (Å²) in [7, 11) is 2.15. The Balaban J connectivity index is 0. The van der Waals surface area contributed by atoms with Gasteiger partial charge in [-0.05, 0) is 17.4 Å². The lowest BCUT2D eigenvalue weighted by Gasteiger charge is -2.28. The SMILES string of the molecule is CCC(N)[Si](OC)(OC)OC.[SiH4]. The smallest absolute Gasteiger partial charge is 0.376 e. The van der Waals surface area contributed by atoms with Crippen LogP contribution in [0.3, 0.4) is 0 Å². The average molecular weight is 211 g/mol. The first-order chi connectivity index (χ1) is 5.16. The van der Waals surface area contributed by atoms with Crippen LogP contribution in [0.25, 0.3) is 0 Å². The minimum atomic E-state index is -2.54. The Bertz CT molecular complexity index is 103.